The number of hydrogen-bond acceptors (Lipinski definition) is 4. The van der Waals surface area contributed by atoms with Crippen LogP contribution in [0.5, 0.6) is 0 Å². The predicted molar refractivity (Wildman–Crippen MR) is 63.1 cm³/mol. The van der Waals surface area contributed by atoms with Crippen molar-refractivity contribution in [1.29, 1.82) is 0 Å². The molecule has 0 heterocycles. The standard InChI is InChI=1S/C8H18S2.H4N2/c1-3-5-7-9-10-8-6-4-2;1-2/h3-8H2,1-2H3;1-2H2. The number of hydrogen-bond donors (Lipinski definition) is 2. The Kier molecular flexibility index (Phi) is 22.2. The van der Waals surface area contributed by atoms with Crippen LogP contribution in [0.1, 0.15) is 39.5 Å². The fourth-order valence-electron chi connectivity index (χ4n) is 0.524. The number of unbranched alkanes of at least 4 members (excludes halogenated alkanes) is 2. The molecule has 0 rings (SSSR count). The van der Waals surface area contributed by atoms with Crippen molar-refractivity contribution in [3.8, 4) is 0 Å². The Bertz CT molecular complexity index is 55.0. The van der Waals surface area contributed by atoms with Crippen molar-refractivity contribution in [2.45, 2.75) is 39.5 Å². The minimum absolute atomic E-state index is 1.33. The average molecular weight is 210 g/mol. The van der Waals surface area contributed by atoms with Gasteiger partial charge in [-0.3, -0.25) is 11.7 Å². The number of nitrogens with two attached hydrogens (primary N) is 2. The highest BCUT2D eigenvalue weighted by Gasteiger charge is 1.88. The van der Waals surface area contributed by atoms with Gasteiger partial charge in [-0.1, -0.05) is 48.3 Å². The molecular weight excluding hydrogens is 188 g/mol. The molecule has 12 heavy (non-hydrogen) atoms. The minimum atomic E-state index is 1.33. The van der Waals surface area contributed by atoms with E-state index >= 15 is 0 Å². The molecular formula is C8H22N2S2. The molecule has 0 amide bonds. The van der Waals surface area contributed by atoms with Gasteiger partial charge in [0.25, 0.3) is 0 Å². The summed E-state index contributed by atoms with van der Waals surface area (Å²) in [6, 6.07) is 0. The molecule has 0 saturated heterocycles. The molecule has 0 radical (unpaired) electrons. The smallest absolute Gasteiger partial charge is 0.00368 e. The number of hydrazine groups is 1. The maximum absolute atomic E-state index is 4.00. The summed E-state index contributed by atoms with van der Waals surface area (Å²) in [4.78, 5) is 0. The normalized spacial score (nSPS) is 9.00. The van der Waals surface area contributed by atoms with Crippen LogP contribution in [0.15, 0.2) is 0 Å². The van der Waals surface area contributed by atoms with Crippen LogP contribution in [0.25, 0.3) is 0 Å². The zero-order chi connectivity index (χ0) is 9.66. The van der Waals surface area contributed by atoms with E-state index in [1.54, 1.807) is 0 Å². The van der Waals surface area contributed by atoms with Gasteiger partial charge in [0.05, 0.1) is 0 Å². The molecule has 76 valence electrons. The van der Waals surface area contributed by atoms with Gasteiger partial charge in [0, 0.05) is 11.5 Å². The predicted octanol–water partition coefficient (Wildman–Crippen LogP) is 2.79. The Morgan fingerprint density at radius 2 is 1.17 bits per heavy atom. The summed E-state index contributed by atoms with van der Waals surface area (Å²) in [7, 11) is 4.07. The van der Waals surface area contributed by atoms with Gasteiger partial charge in [-0.25, -0.2) is 0 Å². The molecule has 0 fully saturated rings. The van der Waals surface area contributed by atoms with Crippen molar-refractivity contribution in [3.63, 3.8) is 0 Å². The van der Waals surface area contributed by atoms with Crippen molar-refractivity contribution in [2.75, 3.05) is 11.5 Å². The zero-order valence-electron chi connectivity index (χ0n) is 8.21. The second-order valence-electron chi connectivity index (χ2n) is 2.35. The lowest BCUT2D eigenvalue weighted by molar-refractivity contribution is 0.895. The molecule has 0 aliphatic rings. The van der Waals surface area contributed by atoms with Crippen LogP contribution < -0.4 is 11.7 Å². The molecule has 0 aromatic carbocycles. The Morgan fingerprint density at radius 1 is 0.833 bits per heavy atom. The van der Waals surface area contributed by atoms with Crippen molar-refractivity contribution in [3.05, 3.63) is 0 Å². The lowest BCUT2D eigenvalue weighted by Crippen LogP contribution is -2.02. The third kappa shape index (κ3) is 16.9. The SMILES string of the molecule is CCCCSSCCCC.NN. The quantitative estimate of drug-likeness (QED) is 0.294. The summed E-state index contributed by atoms with van der Waals surface area (Å²) in [6.45, 7) is 4.49. The summed E-state index contributed by atoms with van der Waals surface area (Å²) in [6.07, 6.45) is 5.43. The van der Waals surface area contributed by atoms with Gasteiger partial charge in [0.2, 0.25) is 0 Å². The van der Waals surface area contributed by atoms with Crippen LogP contribution in [-0.2, 0) is 0 Å². The molecule has 0 atom stereocenters. The van der Waals surface area contributed by atoms with Crippen molar-refractivity contribution < 1.29 is 0 Å². The third-order valence-electron chi connectivity index (χ3n) is 1.25. The molecule has 0 aromatic rings. The molecule has 0 spiro atoms. The van der Waals surface area contributed by atoms with Gasteiger partial charge >= 0.3 is 0 Å². The molecule has 0 saturated carbocycles. The van der Waals surface area contributed by atoms with E-state index in [1.807, 2.05) is 21.6 Å². The lowest BCUT2D eigenvalue weighted by atomic mass is 10.4. The van der Waals surface area contributed by atoms with Crippen LogP contribution in [0.3, 0.4) is 0 Å². The van der Waals surface area contributed by atoms with Gasteiger partial charge in [-0.05, 0) is 12.8 Å². The first kappa shape index (κ1) is 15.1. The second kappa shape index (κ2) is 17.6. The highest BCUT2D eigenvalue weighted by Crippen LogP contribution is 2.23. The van der Waals surface area contributed by atoms with Gasteiger partial charge in [-0.2, -0.15) is 0 Å². The van der Waals surface area contributed by atoms with Gasteiger partial charge in [0.15, 0.2) is 0 Å². The van der Waals surface area contributed by atoms with E-state index < -0.39 is 0 Å². The van der Waals surface area contributed by atoms with E-state index in [0.29, 0.717) is 0 Å². The largest absolute Gasteiger partial charge is 0.274 e. The Balaban J connectivity index is 0. The maximum Gasteiger partial charge on any atom is 0.00368 e. The molecule has 0 aromatic heterocycles. The molecule has 4 N–H and O–H groups in total. The fourth-order valence-corrected chi connectivity index (χ4v) is 2.99. The number of rotatable bonds is 7. The first-order chi connectivity index (χ1) is 5.91. The van der Waals surface area contributed by atoms with E-state index in [2.05, 4.69) is 25.5 Å². The van der Waals surface area contributed by atoms with Gasteiger partial charge < -0.3 is 0 Å². The highest BCUT2D eigenvalue weighted by molar-refractivity contribution is 8.76. The molecule has 2 nitrogen and oxygen atoms in total. The summed E-state index contributed by atoms with van der Waals surface area (Å²) in [5, 5.41) is 0. The van der Waals surface area contributed by atoms with Crippen LogP contribution >= 0.6 is 21.6 Å². The first-order valence-corrected chi connectivity index (χ1v) is 6.98. The zero-order valence-corrected chi connectivity index (χ0v) is 9.85. The average Bonchev–Trinajstić information content (AvgIpc) is 2.15. The summed E-state index contributed by atoms with van der Waals surface area (Å²) in [5.74, 6) is 10.7. The Morgan fingerprint density at radius 3 is 1.42 bits per heavy atom. The van der Waals surface area contributed by atoms with E-state index in [4.69, 9.17) is 0 Å². The van der Waals surface area contributed by atoms with E-state index in [-0.39, 0.29) is 0 Å². The van der Waals surface area contributed by atoms with Crippen molar-refractivity contribution >= 4 is 21.6 Å². The van der Waals surface area contributed by atoms with E-state index in [9.17, 15) is 0 Å². The maximum atomic E-state index is 4.00. The van der Waals surface area contributed by atoms with E-state index in [1.165, 1.54) is 37.2 Å². The van der Waals surface area contributed by atoms with Crippen LogP contribution in [0, 0.1) is 0 Å². The van der Waals surface area contributed by atoms with Crippen molar-refractivity contribution in [2.24, 2.45) is 11.7 Å². The Hall–Kier alpha value is 0.620. The van der Waals surface area contributed by atoms with Crippen molar-refractivity contribution in [1.82, 2.24) is 0 Å². The van der Waals surface area contributed by atoms with Crippen LogP contribution in [0.2, 0.25) is 0 Å². The molecule has 0 bridgehead atoms. The summed E-state index contributed by atoms with van der Waals surface area (Å²) in [5.41, 5.74) is 0. The first-order valence-electron chi connectivity index (χ1n) is 4.49. The van der Waals surface area contributed by atoms with E-state index in [0.717, 1.165) is 0 Å². The second-order valence-corrected chi connectivity index (χ2v) is 5.05. The molecule has 0 unspecified atom stereocenters. The minimum Gasteiger partial charge on any atom is -0.274 e. The molecule has 0 aliphatic carbocycles. The summed E-state index contributed by atoms with van der Waals surface area (Å²) >= 11 is 0. The fraction of sp³-hybridized carbons (Fsp3) is 1.00. The van der Waals surface area contributed by atoms with Crippen LogP contribution in [-0.4, -0.2) is 11.5 Å². The lowest BCUT2D eigenvalue weighted by Gasteiger charge is -1.97. The van der Waals surface area contributed by atoms with Gasteiger partial charge in [0.1, 0.15) is 0 Å². The summed E-state index contributed by atoms with van der Waals surface area (Å²) < 4.78 is 0. The highest BCUT2D eigenvalue weighted by atomic mass is 33.1. The monoisotopic (exact) mass is 210 g/mol. The third-order valence-corrected chi connectivity index (χ3v) is 3.82. The van der Waals surface area contributed by atoms with Crippen LogP contribution in [0.4, 0.5) is 0 Å². The molecule has 4 heteroatoms. The Labute approximate surface area is 84.6 Å². The molecule has 0 aliphatic heterocycles. The van der Waals surface area contributed by atoms with Gasteiger partial charge in [-0.15, -0.1) is 0 Å². The topological polar surface area (TPSA) is 52.0 Å².